The van der Waals surface area contributed by atoms with Gasteiger partial charge >= 0.3 is 0 Å². The van der Waals surface area contributed by atoms with Gasteiger partial charge in [-0.2, -0.15) is 0 Å². The Hall–Kier alpha value is -3.47. The summed E-state index contributed by atoms with van der Waals surface area (Å²) in [5.74, 6) is 0.692. The van der Waals surface area contributed by atoms with Gasteiger partial charge in [-0.3, -0.25) is 9.36 Å². The molecular formula is C24H17ClFN5O2S2. The zero-order chi connectivity index (χ0) is 24.2. The molecule has 0 aliphatic heterocycles. The van der Waals surface area contributed by atoms with Crippen LogP contribution in [0.1, 0.15) is 10.4 Å². The second-order valence-electron chi connectivity index (χ2n) is 7.37. The van der Waals surface area contributed by atoms with Crippen LogP contribution in [0.3, 0.4) is 0 Å². The Bertz CT molecular complexity index is 1430. The molecule has 3 aromatic heterocycles. The molecular weight excluding hydrogens is 509 g/mol. The van der Waals surface area contributed by atoms with E-state index in [1.807, 2.05) is 16.7 Å². The molecule has 0 fully saturated rings. The lowest BCUT2D eigenvalue weighted by atomic mass is 10.1. The van der Waals surface area contributed by atoms with Crippen molar-refractivity contribution in [2.45, 2.75) is 11.6 Å². The van der Waals surface area contributed by atoms with E-state index < -0.39 is 0 Å². The highest BCUT2D eigenvalue weighted by atomic mass is 35.5. The monoisotopic (exact) mass is 525 g/mol. The average Bonchev–Trinajstić information content (AvgIpc) is 3.61. The van der Waals surface area contributed by atoms with Gasteiger partial charge in [-0.15, -0.1) is 21.5 Å². The van der Waals surface area contributed by atoms with E-state index in [0.29, 0.717) is 33.3 Å². The Morgan fingerprint density at radius 3 is 2.66 bits per heavy atom. The minimum absolute atomic E-state index is 0.108. The number of furan rings is 1. The van der Waals surface area contributed by atoms with Crippen molar-refractivity contribution in [3.05, 3.63) is 94.4 Å². The van der Waals surface area contributed by atoms with Crippen LogP contribution in [0.15, 0.2) is 82.7 Å². The van der Waals surface area contributed by atoms with E-state index in [-0.39, 0.29) is 17.5 Å². The minimum Gasteiger partial charge on any atom is -0.461 e. The standard InChI is InChI=1S/C24H17ClFN5O2S2/c25-16-5-9-18(10-6-16)31-22(20-2-1-11-33-20)29-30-24(31)34-14-21(32)28-23-27-13-19(35-23)12-15-3-7-17(26)8-4-15/h1-11,13H,12,14H2,(H,27,28,32). The Morgan fingerprint density at radius 2 is 1.91 bits per heavy atom. The SMILES string of the molecule is O=C(CSc1nnc(-c2ccco2)n1-c1ccc(Cl)cc1)Nc1ncc(Cc2ccc(F)cc2)s1. The molecule has 3 heterocycles. The third kappa shape index (κ3) is 5.61. The molecule has 0 aliphatic rings. The van der Waals surface area contributed by atoms with Gasteiger partial charge in [0.25, 0.3) is 0 Å². The minimum atomic E-state index is -0.272. The Balaban J connectivity index is 1.27. The summed E-state index contributed by atoms with van der Waals surface area (Å²) in [4.78, 5) is 17.9. The smallest absolute Gasteiger partial charge is 0.236 e. The molecule has 1 amide bonds. The van der Waals surface area contributed by atoms with Crippen LogP contribution in [-0.4, -0.2) is 31.4 Å². The number of thiazole rings is 1. The fraction of sp³-hybridized carbons (Fsp3) is 0.0833. The number of hydrogen-bond donors (Lipinski definition) is 1. The van der Waals surface area contributed by atoms with Gasteiger partial charge in [0, 0.05) is 28.2 Å². The normalized spacial score (nSPS) is 11.0. The number of aromatic nitrogens is 4. The van der Waals surface area contributed by atoms with Gasteiger partial charge in [-0.1, -0.05) is 35.5 Å². The summed E-state index contributed by atoms with van der Waals surface area (Å²) in [7, 11) is 0. The lowest BCUT2D eigenvalue weighted by Crippen LogP contribution is -2.14. The maximum atomic E-state index is 13.1. The Labute approximate surface area is 213 Å². The molecule has 0 saturated carbocycles. The van der Waals surface area contributed by atoms with Gasteiger partial charge in [-0.05, 0) is 54.1 Å². The van der Waals surface area contributed by atoms with Crippen molar-refractivity contribution >= 4 is 45.7 Å². The number of carbonyl (C=O) groups excluding carboxylic acids is 1. The van der Waals surface area contributed by atoms with Crippen LogP contribution in [0.2, 0.25) is 5.02 Å². The number of nitrogens with one attached hydrogen (secondary N) is 1. The van der Waals surface area contributed by atoms with E-state index in [9.17, 15) is 9.18 Å². The van der Waals surface area contributed by atoms with Crippen LogP contribution in [-0.2, 0) is 11.2 Å². The van der Waals surface area contributed by atoms with Crippen LogP contribution in [0.25, 0.3) is 17.3 Å². The highest BCUT2D eigenvalue weighted by Gasteiger charge is 2.19. The van der Waals surface area contributed by atoms with E-state index in [1.165, 1.54) is 35.2 Å². The number of benzene rings is 2. The number of amides is 1. The molecule has 0 radical (unpaired) electrons. The van der Waals surface area contributed by atoms with Gasteiger partial charge in [-0.25, -0.2) is 9.37 Å². The second kappa shape index (κ2) is 10.4. The van der Waals surface area contributed by atoms with Crippen LogP contribution in [0.4, 0.5) is 9.52 Å². The van der Waals surface area contributed by atoms with E-state index in [1.54, 1.807) is 48.9 Å². The van der Waals surface area contributed by atoms with E-state index in [0.717, 1.165) is 16.1 Å². The summed E-state index contributed by atoms with van der Waals surface area (Å²) < 4.78 is 20.4. The first kappa shape index (κ1) is 23.3. The number of anilines is 1. The number of nitrogens with zero attached hydrogens (tertiary/aromatic N) is 4. The summed E-state index contributed by atoms with van der Waals surface area (Å²) in [6.45, 7) is 0. The van der Waals surface area contributed by atoms with Gasteiger partial charge < -0.3 is 9.73 Å². The van der Waals surface area contributed by atoms with Crippen molar-refractivity contribution in [3.8, 4) is 17.3 Å². The number of rotatable bonds is 8. The molecule has 2 aromatic carbocycles. The van der Waals surface area contributed by atoms with Crippen LogP contribution < -0.4 is 5.32 Å². The summed E-state index contributed by atoms with van der Waals surface area (Å²) in [6.07, 6.45) is 3.89. The predicted octanol–water partition coefficient (Wildman–Crippen LogP) is 6.10. The first-order chi connectivity index (χ1) is 17.0. The second-order valence-corrected chi connectivity index (χ2v) is 9.86. The fourth-order valence-corrected chi connectivity index (χ4v) is 5.03. The molecule has 0 bridgehead atoms. The molecule has 0 aliphatic carbocycles. The zero-order valence-electron chi connectivity index (χ0n) is 18.0. The van der Waals surface area contributed by atoms with Crippen molar-refractivity contribution in [2.75, 3.05) is 11.1 Å². The number of carbonyl (C=O) groups is 1. The first-order valence-corrected chi connectivity index (χ1v) is 12.6. The summed E-state index contributed by atoms with van der Waals surface area (Å²) in [5, 5.41) is 13.0. The van der Waals surface area contributed by atoms with Crippen LogP contribution in [0, 0.1) is 5.82 Å². The van der Waals surface area contributed by atoms with Crippen molar-refractivity contribution < 1.29 is 13.6 Å². The van der Waals surface area contributed by atoms with Gasteiger partial charge in [0.05, 0.1) is 12.0 Å². The third-order valence-electron chi connectivity index (χ3n) is 4.88. The topological polar surface area (TPSA) is 85.8 Å². The molecule has 35 heavy (non-hydrogen) atoms. The summed E-state index contributed by atoms with van der Waals surface area (Å²) >= 11 is 8.68. The molecule has 0 unspecified atom stereocenters. The largest absolute Gasteiger partial charge is 0.461 e. The van der Waals surface area contributed by atoms with Crippen LogP contribution >= 0.6 is 34.7 Å². The lowest BCUT2D eigenvalue weighted by molar-refractivity contribution is -0.113. The Morgan fingerprint density at radius 1 is 1.11 bits per heavy atom. The molecule has 11 heteroatoms. The quantitative estimate of drug-likeness (QED) is 0.246. The van der Waals surface area contributed by atoms with E-state index in [4.69, 9.17) is 16.0 Å². The fourth-order valence-electron chi connectivity index (χ4n) is 3.29. The first-order valence-electron chi connectivity index (χ1n) is 10.4. The van der Waals surface area contributed by atoms with Crippen molar-refractivity contribution in [1.29, 1.82) is 0 Å². The summed E-state index contributed by atoms with van der Waals surface area (Å²) in [6, 6.07) is 17.1. The lowest BCUT2D eigenvalue weighted by Gasteiger charge is -2.09. The van der Waals surface area contributed by atoms with Crippen molar-refractivity contribution in [2.24, 2.45) is 0 Å². The van der Waals surface area contributed by atoms with Crippen molar-refractivity contribution in [1.82, 2.24) is 19.7 Å². The molecule has 176 valence electrons. The average molecular weight is 526 g/mol. The number of halogens is 2. The van der Waals surface area contributed by atoms with Gasteiger partial charge in [0.2, 0.25) is 11.7 Å². The maximum Gasteiger partial charge on any atom is 0.236 e. The molecule has 0 atom stereocenters. The summed E-state index contributed by atoms with van der Waals surface area (Å²) in [5.41, 5.74) is 1.76. The predicted molar refractivity (Wildman–Crippen MR) is 135 cm³/mol. The van der Waals surface area contributed by atoms with Gasteiger partial charge in [0.15, 0.2) is 16.0 Å². The molecule has 1 N–H and O–H groups in total. The highest BCUT2D eigenvalue weighted by molar-refractivity contribution is 7.99. The van der Waals surface area contributed by atoms with E-state index in [2.05, 4.69) is 20.5 Å². The van der Waals surface area contributed by atoms with Crippen LogP contribution in [0.5, 0.6) is 0 Å². The third-order valence-corrected chi connectivity index (χ3v) is 6.98. The van der Waals surface area contributed by atoms with Crippen molar-refractivity contribution in [3.63, 3.8) is 0 Å². The number of thioether (sulfide) groups is 1. The molecule has 0 saturated heterocycles. The molecule has 0 spiro atoms. The molecule has 5 aromatic rings. The molecule has 7 nitrogen and oxygen atoms in total. The number of hydrogen-bond acceptors (Lipinski definition) is 7. The highest BCUT2D eigenvalue weighted by Crippen LogP contribution is 2.29. The molecule has 5 rings (SSSR count). The van der Waals surface area contributed by atoms with Gasteiger partial charge in [0.1, 0.15) is 5.82 Å². The Kier molecular flexibility index (Phi) is 6.94. The zero-order valence-corrected chi connectivity index (χ0v) is 20.4. The van der Waals surface area contributed by atoms with E-state index >= 15 is 0 Å². The maximum absolute atomic E-state index is 13.1.